The van der Waals surface area contributed by atoms with Crippen LogP contribution in [0.15, 0.2) is 0 Å². The van der Waals surface area contributed by atoms with Crippen LogP contribution in [0.5, 0.6) is 0 Å². The molecule has 0 aliphatic heterocycles. The maximum atomic E-state index is 11.7. The normalized spacial score (nSPS) is 11.0. The van der Waals surface area contributed by atoms with Gasteiger partial charge in [-0.25, -0.2) is 0 Å². The fraction of sp³-hybridized carbons (Fsp3) is 0.952. The number of carbonyl (C=O) groups excluding carboxylic acids is 1. The molecule has 0 aromatic carbocycles. The van der Waals surface area contributed by atoms with Crippen molar-refractivity contribution in [3.8, 4) is 0 Å². The number of nitrogens with one attached hydrogen (secondary N) is 2. The first-order chi connectivity index (χ1) is 12.3. The van der Waals surface area contributed by atoms with Crippen LogP contribution in [0.1, 0.15) is 103 Å². The molecule has 0 radical (unpaired) electrons. The summed E-state index contributed by atoms with van der Waals surface area (Å²) in [5.74, 6) is 0.204. The molecule has 0 aliphatic rings. The highest BCUT2D eigenvalue weighted by molar-refractivity contribution is 5.75. The molecular formula is C21H44N2O2. The SMILES string of the molecule is CCCCCCCCCCCCCNC(=O)CCCCCNCCO. The van der Waals surface area contributed by atoms with E-state index in [1.165, 1.54) is 64.2 Å². The number of hydrogen-bond donors (Lipinski definition) is 3. The summed E-state index contributed by atoms with van der Waals surface area (Å²) < 4.78 is 0. The maximum Gasteiger partial charge on any atom is 0.219 e. The molecule has 150 valence electrons. The standard InChI is InChI=1S/C21H44N2O2/c1-2-3-4-5-6-7-8-9-10-11-15-18-23-21(25)16-13-12-14-17-22-19-20-24/h22,24H,2-20H2,1H3,(H,23,25). The zero-order valence-corrected chi connectivity index (χ0v) is 16.8. The summed E-state index contributed by atoms with van der Waals surface area (Å²) in [4.78, 5) is 11.7. The molecule has 0 heterocycles. The van der Waals surface area contributed by atoms with E-state index in [1.807, 2.05) is 0 Å². The smallest absolute Gasteiger partial charge is 0.219 e. The Morgan fingerprint density at radius 1 is 0.680 bits per heavy atom. The Labute approximate surface area is 156 Å². The van der Waals surface area contributed by atoms with Crippen molar-refractivity contribution in [2.24, 2.45) is 0 Å². The minimum atomic E-state index is 0.196. The van der Waals surface area contributed by atoms with Gasteiger partial charge in [0.1, 0.15) is 0 Å². The summed E-state index contributed by atoms with van der Waals surface area (Å²) in [7, 11) is 0. The van der Waals surface area contributed by atoms with E-state index in [0.717, 1.165) is 38.8 Å². The third kappa shape index (κ3) is 21.3. The summed E-state index contributed by atoms with van der Waals surface area (Å²) in [6.07, 6.45) is 18.5. The monoisotopic (exact) mass is 356 g/mol. The van der Waals surface area contributed by atoms with Crippen LogP contribution in [-0.2, 0) is 4.79 Å². The second-order valence-electron chi connectivity index (χ2n) is 7.17. The van der Waals surface area contributed by atoms with Crippen molar-refractivity contribution in [3.63, 3.8) is 0 Å². The molecule has 4 heteroatoms. The molecule has 0 saturated carbocycles. The Morgan fingerprint density at radius 3 is 1.80 bits per heavy atom. The fourth-order valence-corrected chi connectivity index (χ4v) is 3.02. The van der Waals surface area contributed by atoms with Gasteiger partial charge in [0.15, 0.2) is 0 Å². The molecule has 1 amide bonds. The van der Waals surface area contributed by atoms with Gasteiger partial charge in [-0.2, -0.15) is 0 Å². The molecule has 0 atom stereocenters. The van der Waals surface area contributed by atoms with Crippen LogP contribution < -0.4 is 10.6 Å². The van der Waals surface area contributed by atoms with Gasteiger partial charge in [0, 0.05) is 19.5 Å². The van der Waals surface area contributed by atoms with Gasteiger partial charge in [-0.15, -0.1) is 0 Å². The highest BCUT2D eigenvalue weighted by Crippen LogP contribution is 2.11. The van der Waals surface area contributed by atoms with Gasteiger partial charge in [-0.05, 0) is 25.8 Å². The van der Waals surface area contributed by atoms with E-state index in [4.69, 9.17) is 5.11 Å². The van der Waals surface area contributed by atoms with Crippen LogP contribution >= 0.6 is 0 Å². The van der Waals surface area contributed by atoms with Crippen LogP contribution in [0.3, 0.4) is 0 Å². The fourth-order valence-electron chi connectivity index (χ4n) is 3.02. The summed E-state index contributed by atoms with van der Waals surface area (Å²) in [6, 6.07) is 0. The van der Waals surface area contributed by atoms with Crippen molar-refractivity contribution >= 4 is 5.91 Å². The molecule has 0 aromatic rings. The van der Waals surface area contributed by atoms with E-state index in [-0.39, 0.29) is 12.5 Å². The Hall–Kier alpha value is -0.610. The summed E-state index contributed by atoms with van der Waals surface area (Å²) in [5.41, 5.74) is 0. The van der Waals surface area contributed by atoms with Crippen molar-refractivity contribution in [1.29, 1.82) is 0 Å². The number of hydrogen-bond acceptors (Lipinski definition) is 3. The lowest BCUT2D eigenvalue weighted by Gasteiger charge is -2.06. The van der Waals surface area contributed by atoms with E-state index < -0.39 is 0 Å². The molecular weight excluding hydrogens is 312 g/mol. The number of rotatable bonds is 20. The van der Waals surface area contributed by atoms with Crippen LogP contribution in [0, 0.1) is 0 Å². The summed E-state index contributed by atoms with van der Waals surface area (Å²) in [6.45, 7) is 4.90. The number of aliphatic hydroxyl groups is 1. The van der Waals surface area contributed by atoms with Crippen LogP contribution in [-0.4, -0.2) is 37.3 Å². The first kappa shape index (κ1) is 24.4. The second-order valence-corrected chi connectivity index (χ2v) is 7.17. The zero-order chi connectivity index (χ0) is 18.4. The topological polar surface area (TPSA) is 61.4 Å². The molecule has 0 bridgehead atoms. The first-order valence-corrected chi connectivity index (χ1v) is 10.9. The lowest BCUT2D eigenvalue weighted by Crippen LogP contribution is -2.24. The van der Waals surface area contributed by atoms with E-state index in [9.17, 15) is 4.79 Å². The van der Waals surface area contributed by atoms with Crippen molar-refractivity contribution in [2.75, 3.05) is 26.2 Å². The molecule has 0 rings (SSSR count). The number of amides is 1. The third-order valence-corrected chi connectivity index (χ3v) is 4.65. The quantitative estimate of drug-likeness (QED) is 0.280. The average molecular weight is 357 g/mol. The molecule has 0 aromatic heterocycles. The minimum Gasteiger partial charge on any atom is -0.395 e. The lowest BCUT2D eigenvalue weighted by atomic mass is 10.1. The van der Waals surface area contributed by atoms with Crippen molar-refractivity contribution in [2.45, 2.75) is 103 Å². The number of carbonyl (C=O) groups is 1. The van der Waals surface area contributed by atoms with E-state index in [1.54, 1.807) is 0 Å². The molecule has 0 saturated heterocycles. The third-order valence-electron chi connectivity index (χ3n) is 4.65. The predicted molar refractivity (Wildman–Crippen MR) is 108 cm³/mol. The molecule has 0 fully saturated rings. The van der Waals surface area contributed by atoms with E-state index >= 15 is 0 Å². The predicted octanol–water partition coefficient (Wildman–Crippen LogP) is 4.56. The first-order valence-electron chi connectivity index (χ1n) is 10.9. The molecule has 3 N–H and O–H groups in total. The van der Waals surface area contributed by atoms with Gasteiger partial charge in [0.25, 0.3) is 0 Å². The van der Waals surface area contributed by atoms with Crippen molar-refractivity contribution < 1.29 is 9.90 Å². The van der Waals surface area contributed by atoms with Gasteiger partial charge in [-0.3, -0.25) is 4.79 Å². The van der Waals surface area contributed by atoms with Crippen LogP contribution in [0.2, 0.25) is 0 Å². The van der Waals surface area contributed by atoms with Crippen LogP contribution in [0.4, 0.5) is 0 Å². The van der Waals surface area contributed by atoms with Gasteiger partial charge >= 0.3 is 0 Å². The Balaban J connectivity index is 3.12. The summed E-state index contributed by atoms with van der Waals surface area (Å²) >= 11 is 0. The van der Waals surface area contributed by atoms with Gasteiger partial charge in [0.05, 0.1) is 6.61 Å². The largest absolute Gasteiger partial charge is 0.395 e. The molecule has 25 heavy (non-hydrogen) atoms. The Kier molecular flexibility index (Phi) is 20.9. The van der Waals surface area contributed by atoms with E-state index in [2.05, 4.69) is 17.6 Å². The second kappa shape index (κ2) is 21.4. The van der Waals surface area contributed by atoms with Crippen molar-refractivity contribution in [3.05, 3.63) is 0 Å². The van der Waals surface area contributed by atoms with Gasteiger partial charge < -0.3 is 15.7 Å². The van der Waals surface area contributed by atoms with E-state index in [0.29, 0.717) is 13.0 Å². The number of unbranched alkanes of at least 4 members (excludes halogenated alkanes) is 12. The average Bonchev–Trinajstić information content (AvgIpc) is 2.62. The van der Waals surface area contributed by atoms with Gasteiger partial charge in [0.2, 0.25) is 5.91 Å². The lowest BCUT2D eigenvalue weighted by molar-refractivity contribution is -0.121. The Morgan fingerprint density at radius 2 is 1.20 bits per heavy atom. The summed E-state index contributed by atoms with van der Waals surface area (Å²) in [5, 5.41) is 14.8. The minimum absolute atomic E-state index is 0.196. The molecule has 0 spiro atoms. The Bertz CT molecular complexity index is 273. The van der Waals surface area contributed by atoms with Gasteiger partial charge in [-0.1, -0.05) is 77.6 Å². The molecule has 0 unspecified atom stereocenters. The molecule has 0 aliphatic carbocycles. The highest BCUT2D eigenvalue weighted by atomic mass is 16.3. The maximum absolute atomic E-state index is 11.7. The van der Waals surface area contributed by atoms with Crippen molar-refractivity contribution in [1.82, 2.24) is 10.6 Å². The van der Waals surface area contributed by atoms with Crippen LogP contribution in [0.25, 0.3) is 0 Å². The number of aliphatic hydroxyl groups excluding tert-OH is 1. The molecule has 4 nitrogen and oxygen atoms in total. The zero-order valence-electron chi connectivity index (χ0n) is 16.8. The highest BCUT2D eigenvalue weighted by Gasteiger charge is 2.00.